The highest BCUT2D eigenvalue weighted by atomic mass is 16.5. The van der Waals surface area contributed by atoms with Crippen molar-refractivity contribution in [3.63, 3.8) is 0 Å². The van der Waals surface area contributed by atoms with Gasteiger partial charge < -0.3 is 13.9 Å². The van der Waals surface area contributed by atoms with Crippen molar-refractivity contribution in [2.45, 2.75) is 51.3 Å². The summed E-state index contributed by atoms with van der Waals surface area (Å²) in [5.41, 5.74) is 0. The maximum atomic E-state index is 6.28. The van der Waals surface area contributed by atoms with E-state index in [2.05, 4.69) is 28.9 Å². The number of likely N-dealkylation sites (tertiary alicyclic amines) is 1. The van der Waals surface area contributed by atoms with Crippen molar-refractivity contribution in [2.24, 2.45) is 5.92 Å². The van der Waals surface area contributed by atoms with E-state index in [1.807, 2.05) is 0 Å². The van der Waals surface area contributed by atoms with Crippen LogP contribution in [-0.4, -0.2) is 67.9 Å². The summed E-state index contributed by atoms with van der Waals surface area (Å²) in [6.07, 6.45) is 4.93. The maximum absolute atomic E-state index is 6.28. The van der Waals surface area contributed by atoms with E-state index in [0.717, 1.165) is 63.9 Å². The second-order valence-electron chi connectivity index (χ2n) is 7.75. The Morgan fingerprint density at radius 2 is 1.84 bits per heavy atom. The van der Waals surface area contributed by atoms with E-state index in [4.69, 9.17) is 13.9 Å². The van der Waals surface area contributed by atoms with Crippen LogP contribution in [0.3, 0.4) is 0 Å². The van der Waals surface area contributed by atoms with Crippen molar-refractivity contribution in [1.29, 1.82) is 0 Å². The number of nitrogens with zero attached hydrogens (tertiary/aromatic N) is 2. The summed E-state index contributed by atoms with van der Waals surface area (Å²) in [6.45, 7) is 10.2. The van der Waals surface area contributed by atoms with Gasteiger partial charge in [-0.05, 0) is 37.9 Å². The molecule has 0 radical (unpaired) electrons. The minimum Gasteiger partial charge on any atom is -0.465 e. The summed E-state index contributed by atoms with van der Waals surface area (Å²) in [5, 5.41) is 0. The summed E-state index contributed by atoms with van der Waals surface area (Å²) < 4.78 is 17.7. The highest BCUT2D eigenvalue weighted by Crippen LogP contribution is 2.28. The first-order chi connectivity index (χ1) is 12.3. The Morgan fingerprint density at radius 3 is 2.64 bits per heavy atom. The number of aryl methyl sites for hydroxylation is 1. The monoisotopic (exact) mass is 348 g/mol. The van der Waals surface area contributed by atoms with E-state index in [0.29, 0.717) is 18.1 Å². The topological polar surface area (TPSA) is 38.1 Å². The van der Waals surface area contributed by atoms with E-state index in [-0.39, 0.29) is 0 Å². The van der Waals surface area contributed by atoms with Gasteiger partial charge >= 0.3 is 0 Å². The molecule has 5 nitrogen and oxygen atoms in total. The van der Waals surface area contributed by atoms with Crippen molar-refractivity contribution in [1.82, 2.24) is 9.80 Å². The van der Waals surface area contributed by atoms with Gasteiger partial charge in [-0.3, -0.25) is 9.80 Å². The first-order valence-electron chi connectivity index (χ1n) is 10.0. The van der Waals surface area contributed by atoms with Crippen LogP contribution in [0.15, 0.2) is 16.5 Å². The summed E-state index contributed by atoms with van der Waals surface area (Å²) in [7, 11) is 0. The second-order valence-corrected chi connectivity index (χ2v) is 7.75. The largest absolute Gasteiger partial charge is 0.465 e. The highest BCUT2D eigenvalue weighted by Gasteiger charge is 2.35. The Hall–Kier alpha value is -0.880. The van der Waals surface area contributed by atoms with E-state index < -0.39 is 0 Å². The Kier molecular flexibility index (Phi) is 5.76. The number of hydrogen-bond donors (Lipinski definition) is 0. The lowest BCUT2D eigenvalue weighted by molar-refractivity contribution is -0.0260. The smallest absolute Gasteiger partial charge is 0.118 e. The molecule has 140 valence electrons. The first kappa shape index (κ1) is 17.5. The number of fused-ring (bicyclic) bond motifs is 1. The summed E-state index contributed by atoms with van der Waals surface area (Å²) in [4.78, 5) is 5.19. The van der Waals surface area contributed by atoms with E-state index >= 15 is 0 Å². The molecule has 0 spiro atoms. The molecule has 4 heterocycles. The number of ether oxygens (including phenoxy) is 2. The van der Waals surface area contributed by atoms with Crippen LogP contribution in [0.2, 0.25) is 0 Å². The minimum absolute atomic E-state index is 0.374. The predicted molar refractivity (Wildman–Crippen MR) is 96.6 cm³/mol. The van der Waals surface area contributed by atoms with Gasteiger partial charge in [-0.1, -0.05) is 6.92 Å². The van der Waals surface area contributed by atoms with Crippen molar-refractivity contribution in [3.8, 4) is 0 Å². The summed E-state index contributed by atoms with van der Waals surface area (Å²) >= 11 is 0. The van der Waals surface area contributed by atoms with Crippen LogP contribution in [0.1, 0.15) is 37.7 Å². The third kappa shape index (κ3) is 4.27. The highest BCUT2D eigenvalue weighted by molar-refractivity contribution is 5.07. The fourth-order valence-corrected chi connectivity index (χ4v) is 4.58. The maximum Gasteiger partial charge on any atom is 0.118 e. The van der Waals surface area contributed by atoms with Crippen LogP contribution in [0.5, 0.6) is 0 Å². The molecule has 1 aromatic heterocycles. The molecule has 4 rings (SSSR count). The van der Waals surface area contributed by atoms with Gasteiger partial charge in [-0.15, -0.1) is 0 Å². The predicted octanol–water partition coefficient (Wildman–Crippen LogP) is 2.54. The molecular formula is C20H32N2O3. The van der Waals surface area contributed by atoms with Crippen molar-refractivity contribution < 1.29 is 13.9 Å². The quantitative estimate of drug-likeness (QED) is 0.836. The van der Waals surface area contributed by atoms with Gasteiger partial charge in [0.1, 0.15) is 11.5 Å². The Morgan fingerprint density at radius 1 is 1.00 bits per heavy atom. The molecule has 3 fully saturated rings. The van der Waals surface area contributed by atoms with E-state index in [1.165, 1.54) is 25.8 Å². The SMILES string of the molecule is CCc1ccc(CN2CC[C@H]3CN(C4CCOCC4)CCO[C@H]3C2)o1. The molecule has 0 amide bonds. The fourth-order valence-electron chi connectivity index (χ4n) is 4.58. The lowest BCUT2D eigenvalue weighted by atomic mass is 9.92. The van der Waals surface area contributed by atoms with Gasteiger partial charge in [0.2, 0.25) is 0 Å². The minimum atomic E-state index is 0.374. The summed E-state index contributed by atoms with van der Waals surface area (Å²) in [5.74, 6) is 2.85. The standard InChI is InChI=1S/C20H32N2O3/c1-2-18-3-4-19(25-18)14-21-8-5-16-13-22(9-12-24-20(16)15-21)17-6-10-23-11-7-17/h3-4,16-17,20H,2,5-15H2,1H3/t16-,20-/m0/s1. The molecule has 0 N–H and O–H groups in total. The Labute approximate surface area is 151 Å². The molecule has 2 atom stereocenters. The van der Waals surface area contributed by atoms with Crippen LogP contribution in [-0.2, 0) is 22.4 Å². The molecule has 0 aromatic carbocycles. The van der Waals surface area contributed by atoms with Crippen molar-refractivity contribution >= 4 is 0 Å². The average molecular weight is 348 g/mol. The molecule has 0 bridgehead atoms. The molecule has 5 heteroatoms. The molecule has 1 aromatic rings. The molecule has 0 saturated carbocycles. The number of furan rings is 1. The van der Waals surface area contributed by atoms with E-state index in [9.17, 15) is 0 Å². The molecule has 0 aliphatic carbocycles. The van der Waals surface area contributed by atoms with E-state index in [1.54, 1.807) is 0 Å². The summed E-state index contributed by atoms with van der Waals surface area (Å²) in [6, 6.07) is 4.94. The van der Waals surface area contributed by atoms with Crippen LogP contribution >= 0.6 is 0 Å². The van der Waals surface area contributed by atoms with Gasteiger partial charge in [0, 0.05) is 51.2 Å². The third-order valence-electron chi connectivity index (χ3n) is 6.11. The van der Waals surface area contributed by atoms with Gasteiger partial charge in [-0.2, -0.15) is 0 Å². The second kappa shape index (κ2) is 8.21. The fraction of sp³-hybridized carbons (Fsp3) is 0.800. The van der Waals surface area contributed by atoms with Crippen LogP contribution < -0.4 is 0 Å². The van der Waals surface area contributed by atoms with Gasteiger partial charge in [0.15, 0.2) is 0 Å². The van der Waals surface area contributed by atoms with Crippen LogP contribution in [0.4, 0.5) is 0 Å². The number of piperidine rings is 1. The van der Waals surface area contributed by atoms with Gasteiger partial charge in [0.25, 0.3) is 0 Å². The molecule has 3 aliphatic heterocycles. The molecule has 3 aliphatic rings. The van der Waals surface area contributed by atoms with Crippen LogP contribution in [0.25, 0.3) is 0 Å². The number of rotatable bonds is 4. The zero-order valence-corrected chi connectivity index (χ0v) is 15.5. The van der Waals surface area contributed by atoms with Crippen molar-refractivity contribution in [3.05, 3.63) is 23.7 Å². The molecular weight excluding hydrogens is 316 g/mol. The third-order valence-corrected chi connectivity index (χ3v) is 6.11. The first-order valence-corrected chi connectivity index (χ1v) is 10.0. The molecule has 25 heavy (non-hydrogen) atoms. The number of hydrogen-bond acceptors (Lipinski definition) is 5. The Balaban J connectivity index is 1.32. The van der Waals surface area contributed by atoms with Crippen LogP contribution in [0, 0.1) is 5.92 Å². The Bertz CT molecular complexity index is 541. The normalized spacial score (nSPS) is 30.1. The average Bonchev–Trinajstić information content (AvgIpc) is 3.00. The zero-order chi connectivity index (χ0) is 17.1. The lowest BCUT2D eigenvalue weighted by Gasteiger charge is -2.39. The zero-order valence-electron chi connectivity index (χ0n) is 15.5. The lowest BCUT2D eigenvalue weighted by Crippen LogP contribution is -2.48. The van der Waals surface area contributed by atoms with Gasteiger partial charge in [-0.25, -0.2) is 0 Å². The van der Waals surface area contributed by atoms with Crippen molar-refractivity contribution in [2.75, 3.05) is 46.0 Å². The molecule has 0 unspecified atom stereocenters. The molecule has 3 saturated heterocycles. The van der Waals surface area contributed by atoms with Gasteiger partial charge in [0.05, 0.1) is 19.3 Å².